The van der Waals surface area contributed by atoms with E-state index in [0.717, 1.165) is 5.56 Å². The number of ether oxygens (including phenoxy) is 2. The number of hydrogen-bond acceptors (Lipinski definition) is 4. The fraction of sp³-hybridized carbons (Fsp3) is 0.143. The van der Waals surface area contributed by atoms with Gasteiger partial charge in [-0.1, -0.05) is 6.07 Å². The normalized spacial score (nSPS) is 10.1. The fourth-order valence-electron chi connectivity index (χ4n) is 1.57. The van der Waals surface area contributed by atoms with Gasteiger partial charge in [-0.25, -0.2) is 0 Å². The van der Waals surface area contributed by atoms with Crippen LogP contribution in [0.25, 0.3) is 0 Å². The molecule has 2 rings (SSSR count). The minimum absolute atomic E-state index is 0.176. The molecule has 4 nitrogen and oxygen atoms in total. The Balaban J connectivity index is 2.06. The molecule has 94 valence electrons. The number of phenols is 1. The van der Waals surface area contributed by atoms with Crippen molar-refractivity contribution in [1.29, 1.82) is 0 Å². The van der Waals surface area contributed by atoms with Gasteiger partial charge in [0.2, 0.25) is 0 Å². The standard InChI is InChI=1S/C14H15NO3/c1-17-12-6-5-10(14(15)8-12)9-18-13-4-2-3-11(16)7-13/h2-8,16H,9,15H2,1H3. The topological polar surface area (TPSA) is 64.7 Å². The van der Waals surface area contributed by atoms with Crippen molar-refractivity contribution in [2.45, 2.75) is 6.61 Å². The van der Waals surface area contributed by atoms with Crippen molar-refractivity contribution in [2.75, 3.05) is 12.8 Å². The zero-order chi connectivity index (χ0) is 13.0. The first-order valence-corrected chi connectivity index (χ1v) is 5.53. The van der Waals surface area contributed by atoms with E-state index >= 15 is 0 Å². The van der Waals surface area contributed by atoms with Crippen molar-refractivity contribution in [3.05, 3.63) is 48.0 Å². The van der Waals surface area contributed by atoms with Gasteiger partial charge >= 0.3 is 0 Å². The van der Waals surface area contributed by atoms with Gasteiger partial charge in [-0.3, -0.25) is 0 Å². The molecule has 0 saturated carbocycles. The molecule has 4 heteroatoms. The van der Waals surface area contributed by atoms with Crippen molar-refractivity contribution in [1.82, 2.24) is 0 Å². The third-order valence-electron chi connectivity index (χ3n) is 2.56. The number of nitrogen functional groups attached to an aromatic ring is 1. The SMILES string of the molecule is COc1ccc(COc2cccc(O)c2)c(N)c1. The predicted octanol–water partition coefficient (Wildman–Crippen LogP) is 2.56. The first-order valence-electron chi connectivity index (χ1n) is 5.53. The van der Waals surface area contributed by atoms with Gasteiger partial charge in [-0.2, -0.15) is 0 Å². The first kappa shape index (κ1) is 12.1. The Morgan fingerprint density at radius 1 is 1.11 bits per heavy atom. The van der Waals surface area contributed by atoms with Crippen LogP contribution >= 0.6 is 0 Å². The van der Waals surface area contributed by atoms with E-state index in [0.29, 0.717) is 23.8 Å². The van der Waals surface area contributed by atoms with Crippen LogP contribution in [0.4, 0.5) is 5.69 Å². The summed E-state index contributed by atoms with van der Waals surface area (Å²) in [7, 11) is 1.59. The summed E-state index contributed by atoms with van der Waals surface area (Å²) in [6.07, 6.45) is 0. The van der Waals surface area contributed by atoms with Gasteiger partial charge in [0.1, 0.15) is 23.9 Å². The lowest BCUT2D eigenvalue weighted by atomic mass is 10.2. The highest BCUT2D eigenvalue weighted by Gasteiger charge is 2.03. The molecule has 0 radical (unpaired) electrons. The molecule has 0 spiro atoms. The average Bonchev–Trinajstić information content (AvgIpc) is 2.37. The van der Waals surface area contributed by atoms with E-state index in [2.05, 4.69) is 0 Å². The van der Waals surface area contributed by atoms with Crippen LogP contribution in [0.15, 0.2) is 42.5 Å². The average molecular weight is 245 g/mol. The van der Waals surface area contributed by atoms with Gasteiger partial charge in [0.05, 0.1) is 7.11 Å². The molecule has 2 aromatic carbocycles. The second kappa shape index (κ2) is 5.31. The maximum Gasteiger partial charge on any atom is 0.123 e. The first-order chi connectivity index (χ1) is 8.69. The zero-order valence-corrected chi connectivity index (χ0v) is 10.1. The van der Waals surface area contributed by atoms with E-state index in [9.17, 15) is 5.11 Å². The molecule has 3 N–H and O–H groups in total. The van der Waals surface area contributed by atoms with Gasteiger partial charge in [-0.05, 0) is 24.3 Å². The molecular weight excluding hydrogens is 230 g/mol. The van der Waals surface area contributed by atoms with Crippen LogP contribution in [0.5, 0.6) is 17.2 Å². The third kappa shape index (κ3) is 2.85. The number of nitrogens with two attached hydrogens (primary N) is 1. The molecule has 0 bridgehead atoms. The van der Waals surface area contributed by atoms with E-state index in [-0.39, 0.29) is 5.75 Å². The summed E-state index contributed by atoms with van der Waals surface area (Å²) in [6, 6.07) is 12.1. The molecule has 2 aromatic rings. The lowest BCUT2D eigenvalue weighted by Crippen LogP contribution is -2.00. The Morgan fingerprint density at radius 2 is 1.94 bits per heavy atom. The lowest BCUT2D eigenvalue weighted by molar-refractivity contribution is 0.305. The molecule has 0 fully saturated rings. The molecule has 0 aliphatic carbocycles. The van der Waals surface area contributed by atoms with Crippen LogP contribution in [0.3, 0.4) is 0 Å². The number of anilines is 1. The summed E-state index contributed by atoms with van der Waals surface area (Å²) in [6.45, 7) is 0.347. The summed E-state index contributed by atoms with van der Waals surface area (Å²) >= 11 is 0. The van der Waals surface area contributed by atoms with Crippen LogP contribution in [0, 0.1) is 0 Å². The van der Waals surface area contributed by atoms with Crippen molar-refractivity contribution in [3.63, 3.8) is 0 Å². The molecule has 18 heavy (non-hydrogen) atoms. The monoisotopic (exact) mass is 245 g/mol. The molecule has 0 atom stereocenters. The van der Waals surface area contributed by atoms with Crippen molar-refractivity contribution in [2.24, 2.45) is 0 Å². The number of methoxy groups -OCH3 is 1. The number of aromatic hydroxyl groups is 1. The molecule has 0 aliphatic rings. The highest BCUT2D eigenvalue weighted by Crippen LogP contribution is 2.23. The number of phenolic OH excluding ortho intramolecular Hbond substituents is 1. The van der Waals surface area contributed by atoms with E-state index < -0.39 is 0 Å². The lowest BCUT2D eigenvalue weighted by Gasteiger charge is -2.10. The van der Waals surface area contributed by atoms with E-state index in [1.165, 1.54) is 0 Å². The van der Waals surface area contributed by atoms with E-state index in [4.69, 9.17) is 15.2 Å². The van der Waals surface area contributed by atoms with Crippen LogP contribution in [0.1, 0.15) is 5.56 Å². The zero-order valence-electron chi connectivity index (χ0n) is 10.1. The Kier molecular flexibility index (Phi) is 3.57. The second-order valence-corrected chi connectivity index (χ2v) is 3.85. The smallest absolute Gasteiger partial charge is 0.123 e. The van der Waals surface area contributed by atoms with Crippen molar-refractivity contribution < 1.29 is 14.6 Å². The predicted molar refractivity (Wildman–Crippen MR) is 69.8 cm³/mol. The minimum atomic E-state index is 0.176. The van der Waals surface area contributed by atoms with Crippen LogP contribution in [0.2, 0.25) is 0 Å². The number of rotatable bonds is 4. The molecule has 0 aliphatic heterocycles. The summed E-state index contributed by atoms with van der Waals surface area (Å²) < 4.78 is 10.6. The highest BCUT2D eigenvalue weighted by molar-refractivity contribution is 5.51. The van der Waals surface area contributed by atoms with Gasteiger partial charge in [-0.15, -0.1) is 0 Å². The quantitative estimate of drug-likeness (QED) is 0.812. The summed E-state index contributed by atoms with van der Waals surface area (Å²) in [5.74, 6) is 1.49. The van der Waals surface area contributed by atoms with Crippen LogP contribution in [-0.2, 0) is 6.61 Å². The largest absolute Gasteiger partial charge is 0.508 e. The van der Waals surface area contributed by atoms with Gasteiger partial charge < -0.3 is 20.3 Å². The van der Waals surface area contributed by atoms with Gasteiger partial charge in [0, 0.05) is 23.4 Å². The van der Waals surface area contributed by atoms with E-state index in [1.54, 1.807) is 37.4 Å². The minimum Gasteiger partial charge on any atom is -0.508 e. The Hall–Kier alpha value is -2.36. The third-order valence-corrected chi connectivity index (χ3v) is 2.56. The Labute approximate surface area is 106 Å². The number of benzene rings is 2. The second-order valence-electron chi connectivity index (χ2n) is 3.85. The van der Waals surface area contributed by atoms with Crippen LogP contribution in [-0.4, -0.2) is 12.2 Å². The maximum atomic E-state index is 9.31. The maximum absolute atomic E-state index is 9.31. The molecule has 0 saturated heterocycles. The van der Waals surface area contributed by atoms with E-state index in [1.807, 2.05) is 12.1 Å². The fourth-order valence-corrected chi connectivity index (χ4v) is 1.57. The number of hydrogen-bond donors (Lipinski definition) is 2. The summed E-state index contributed by atoms with van der Waals surface area (Å²) in [4.78, 5) is 0. The molecule has 0 aromatic heterocycles. The molecule has 0 unspecified atom stereocenters. The van der Waals surface area contributed by atoms with Crippen molar-refractivity contribution in [3.8, 4) is 17.2 Å². The summed E-state index contributed by atoms with van der Waals surface area (Å²) in [5, 5.41) is 9.31. The molecule has 0 amide bonds. The highest BCUT2D eigenvalue weighted by atomic mass is 16.5. The van der Waals surface area contributed by atoms with Gasteiger partial charge in [0.15, 0.2) is 0 Å². The Bertz CT molecular complexity index is 540. The Morgan fingerprint density at radius 3 is 2.61 bits per heavy atom. The molecule has 0 heterocycles. The van der Waals surface area contributed by atoms with Crippen molar-refractivity contribution >= 4 is 5.69 Å². The van der Waals surface area contributed by atoms with Crippen LogP contribution < -0.4 is 15.2 Å². The summed E-state index contributed by atoms with van der Waals surface area (Å²) in [5.41, 5.74) is 7.38. The molecular formula is C14H15NO3. The van der Waals surface area contributed by atoms with Gasteiger partial charge in [0.25, 0.3) is 0 Å².